The Kier molecular flexibility index (Phi) is 5.82. The van der Waals surface area contributed by atoms with Gasteiger partial charge in [0.15, 0.2) is 0 Å². The number of hydrogen-bond donors (Lipinski definition) is 0. The van der Waals surface area contributed by atoms with Gasteiger partial charge in [0.25, 0.3) is 0 Å². The fourth-order valence-corrected chi connectivity index (χ4v) is 4.39. The van der Waals surface area contributed by atoms with E-state index < -0.39 is 0 Å². The van der Waals surface area contributed by atoms with Crippen molar-refractivity contribution in [2.75, 3.05) is 0 Å². The summed E-state index contributed by atoms with van der Waals surface area (Å²) < 4.78 is 0. The Morgan fingerprint density at radius 1 is 0.750 bits per heavy atom. The lowest BCUT2D eigenvalue weighted by Gasteiger charge is -2.26. The van der Waals surface area contributed by atoms with Crippen LogP contribution in [-0.2, 0) is 6.42 Å². The van der Waals surface area contributed by atoms with Crippen molar-refractivity contribution in [2.45, 2.75) is 58.3 Å². The van der Waals surface area contributed by atoms with Crippen molar-refractivity contribution in [1.82, 2.24) is 0 Å². The third kappa shape index (κ3) is 4.48. The molecule has 0 amide bonds. The quantitative estimate of drug-likeness (QED) is 0.421. The Morgan fingerprint density at radius 3 is 2.14 bits per heavy atom. The molecule has 0 spiro atoms. The normalized spacial score (nSPS) is 19.2. The van der Waals surface area contributed by atoms with Gasteiger partial charge in [0, 0.05) is 11.1 Å². The Morgan fingerprint density at radius 2 is 1.39 bits per heavy atom. The highest BCUT2D eigenvalue weighted by molar-refractivity contribution is 5.84. The molecule has 3 aromatic carbocycles. The molecular formula is C28H30. The van der Waals surface area contributed by atoms with Gasteiger partial charge in [-0.05, 0) is 77.3 Å². The zero-order chi connectivity index (χ0) is 19.3. The molecule has 3 aromatic rings. The highest BCUT2D eigenvalue weighted by Gasteiger charge is 2.19. The molecule has 0 N–H and O–H groups in total. The summed E-state index contributed by atoms with van der Waals surface area (Å²) in [5.74, 6) is 8.34. The maximum absolute atomic E-state index is 3.35. The molecule has 0 radical (unpaired) electrons. The first-order chi connectivity index (χ1) is 13.7. The maximum atomic E-state index is 3.35. The minimum Gasteiger partial charge on any atom is -0.0651 e. The lowest BCUT2D eigenvalue weighted by atomic mass is 9.79. The van der Waals surface area contributed by atoms with E-state index in [2.05, 4.69) is 86.4 Å². The van der Waals surface area contributed by atoms with Gasteiger partial charge in [0.1, 0.15) is 0 Å². The van der Waals surface area contributed by atoms with Crippen molar-refractivity contribution in [3.63, 3.8) is 0 Å². The van der Waals surface area contributed by atoms with Gasteiger partial charge < -0.3 is 0 Å². The molecule has 0 nitrogen and oxygen atoms in total. The van der Waals surface area contributed by atoms with Crippen molar-refractivity contribution in [1.29, 1.82) is 0 Å². The molecule has 4 rings (SSSR count). The molecule has 1 saturated carbocycles. The fourth-order valence-electron chi connectivity index (χ4n) is 4.39. The van der Waals surface area contributed by atoms with Gasteiger partial charge in [-0.3, -0.25) is 0 Å². The molecular weight excluding hydrogens is 336 g/mol. The lowest BCUT2D eigenvalue weighted by molar-refractivity contribution is 0.348. The van der Waals surface area contributed by atoms with E-state index in [9.17, 15) is 0 Å². The Labute approximate surface area is 170 Å². The first-order valence-corrected chi connectivity index (χ1v) is 10.9. The zero-order valence-electron chi connectivity index (χ0n) is 17.2. The van der Waals surface area contributed by atoms with Gasteiger partial charge in [-0.2, -0.15) is 0 Å². The van der Waals surface area contributed by atoms with Crippen LogP contribution in [0.25, 0.3) is 10.8 Å². The summed E-state index contributed by atoms with van der Waals surface area (Å²) in [6.45, 7) is 4.61. The fraction of sp³-hybridized carbons (Fsp3) is 0.357. The average molecular weight is 367 g/mol. The molecule has 0 atom stereocenters. The van der Waals surface area contributed by atoms with Crippen LogP contribution in [0.3, 0.4) is 0 Å². The molecule has 1 aliphatic rings. The van der Waals surface area contributed by atoms with Crippen LogP contribution >= 0.6 is 0 Å². The standard InChI is InChI=1S/C28H30/c1-3-4-23-11-17-28-20-24(12-18-27(28)19-23)8-7-22-9-15-26(16-10-22)25-13-5-21(2)6-14-25/h9-12,15-21,25H,3-6,13-14H2,1-2H3. The maximum Gasteiger partial charge on any atom is 0.0255 e. The monoisotopic (exact) mass is 366 g/mol. The second-order valence-corrected chi connectivity index (χ2v) is 8.48. The van der Waals surface area contributed by atoms with Crippen LogP contribution in [-0.4, -0.2) is 0 Å². The molecule has 28 heavy (non-hydrogen) atoms. The van der Waals surface area contributed by atoms with Gasteiger partial charge in [-0.15, -0.1) is 0 Å². The van der Waals surface area contributed by atoms with Gasteiger partial charge in [-0.25, -0.2) is 0 Å². The molecule has 0 aromatic heterocycles. The van der Waals surface area contributed by atoms with E-state index in [1.807, 2.05) is 0 Å². The molecule has 1 aliphatic carbocycles. The van der Waals surface area contributed by atoms with Crippen LogP contribution in [0, 0.1) is 17.8 Å². The predicted molar refractivity (Wildman–Crippen MR) is 121 cm³/mol. The predicted octanol–water partition coefficient (Wildman–Crippen LogP) is 7.49. The van der Waals surface area contributed by atoms with Crippen molar-refractivity contribution in [3.05, 3.63) is 82.9 Å². The second kappa shape index (κ2) is 8.66. The van der Waals surface area contributed by atoms with Crippen molar-refractivity contribution < 1.29 is 0 Å². The minimum atomic E-state index is 0.747. The van der Waals surface area contributed by atoms with Crippen molar-refractivity contribution in [3.8, 4) is 11.8 Å². The molecule has 0 heterocycles. The van der Waals surface area contributed by atoms with E-state index in [1.54, 1.807) is 0 Å². The second-order valence-electron chi connectivity index (χ2n) is 8.48. The topological polar surface area (TPSA) is 0 Å². The summed E-state index contributed by atoms with van der Waals surface area (Å²) >= 11 is 0. The number of aryl methyl sites for hydroxylation is 1. The smallest absolute Gasteiger partial charge is 0.0255 e. The van der Waals surface area contributed by atoms with Crippen LogP contribution in [0.5, 0.6) is 0 Å². The largest absolute Gasteiger partial charge is 0.0651 e. The minimum absolute atomic E-state index is 0.747. The summed E-state index contributed by atoms with van der Waals surface area (Å²) in [5.41, 5.74) is 5.10. The van der Waals surface area contributed by atoms with Gasteiger partial charge >= 0.3 is 0 Å². The van der Waals surface area contributed by atoms with E-state index >= 15 is 0 Å². The SMILES string of the molecule is CCCc1ccc2cc(C#Cc3ccc(C4CCC(C)CC4)cc3)ccc2c1. The zero-order valence-corrected chi connectivity index (χ0v) is 17.2. The Hall–Kier alpha value is -2.52. The summed E-state index contributed by atoms with van der Waals surface area (Å²) in [5, 5.41) is 2.58. The van der Waals surface area contributed by atoms with Crippen LogP contribution < -0.4 is 0 Å². The summed E-state index contributed by atoms with van der Waals surface area (Å²) in [4.78, 5) is 0. The summed E-state index contributed by atoms with van der Waals surface area (Å²) in [7, 11) is 0. The third-order valence-electron chi connectivity index (χ3n) is 6.19. The highest BCUT2D eigenvalue weighted by atomic mass is 14.2. The molecule has 1 fully saturated rings. The Bertz CT molecular complexity index is 990. The van der Waals surface area contributed by atoms with Gasteiger partial charge in [-0.1, -0.05) is 81.3 Å². The molecule has 0 aliphatic heterocycles. The highest BCUT2D eigenvalue weighted by Crippen LogP contribution is 2.35. The van der Waals surface area contributed by atoms with Gasteiger partial charge in [0.2, 0.25) is 0 Å². The van der Waals surface area contributed by atoms with E-state index in [0.29, 0.717) is 0 Å². The van der Waals surface area contributed by atoms with E-state index in [4.69, 9.17) is 0 Å². The molecule has 0 heteroatoms. The third-order valence-corrected chi connectivity index (χ3v) is 6.19. The van der Waals surface area contributed by atoms with E-state index in [-0.39, 0.29) is 0 Å². The van der Waals surface area contributed by atoms with Crippen LogP contribution in [0.2, 0.25) is 0 Å². The first-order valence-electron chi connectivity index (χ1n) is 10.9. The molecule has 0 unspecified atom stereocenters. The number of fused-ring (bicyclic) bond motifs is 1. The Balaban J connectivity index is 1.48. The van der Waals surface area contributed by atoms with E-state index in [0.717, 1.165) is 29.4 Å². The summed E-state index contributed by atoms with van der Waals surface area (Å²) in [6, 6.07) is 22.3. The first kappa shape index (κ1) is 18.8. The average Bonchev–Trinajstić information content (AvgIpc) is 2.73. The van der Waals surface area contributed by atoms with Crippen molar-refractivity contribution in [2.24, 2.45) is 5.92 Å². The molecule has 0 bridgehead atoms. The van der Waals surface area contributed by atoms with Crippen LogP contribution in [0.15, 0.2) is 60.7 Å². The number of rotatable bonds is 3. The van der Waals surface area contributed by atoms with Crippen LogP contribution in [0.4, 0.5) is 0 Å². The number of hydrogen-bond acceptors (Lipinski definition) is 0. The summed E-state index contributed by atoms with van der Waals surface area (Å²) in [6.07, 6.45) is 7.75. The van der Waals surface area contributed by atoms with Crippen LogP contribution in [0.1, 0.15) is 74.1 Å². The molecule has 142 valence electrons. The lowest BCUT2D eigenvalue weighted by Crippen LogP contribution is -2.10. The van der Waals surface area contributed by atoms with Gasteiger partial charge in [0.05, 0.1) is 0 Å². The van der Waals surface area contributed by atoms with Crippen molar-refractivity contribution >= 4 is 10.8 Å². The number of benzene rings is 3. The van der Waals surface area contributed by atoms with E-state index in [1.165, 1.54) is 54.0 Å². The molecule has 0 saturated heterocycles.